The molecule has 0 radical (unpaired) electrons. The highest BCUT2D eigenvalue weighted by Crippen LogP contribution is 2.18. The van der Waals surface area contributed by atoms with Gasteiger partial charge in [-0.2, -0.15) is 0 Å². The highest BCUT2D eigenvalue weighted by Gasteiger charge is 2.28. The van der Waals surface area contributed by atoms with Crippen molar-refractivity contribution < 1.29 is 9.90 Å². The third kappa shape index (κ3) is 2.98. The van der Waals surface area contributed by atoms with E-state index in [1.165, 1.54) is 4.57 Å². The van der Waals surface area contributed by atoms with Crippen molar-refractivity contribution in [2.24, 2.45) is 7.05 Å². The first kappa shape index (κ1) is 14.1. The second kappa shape index (κ2) is 5.75. The zero-order chi connectivity index (χ0) is 14.0. The van der Waals surface area contributed by atoms with E-state index in [4.69, 9.17) is 0 Å². The molecule has 6 nitrogen and oxygen atoms in total. The van der Waals surface area contributed by atoms with Crippen LogP contribution >= 0.6 is 15.9 Å². The molecule has 1 atom stereocenters. The first-order valence-electron chi connectivity index (χ1n) is 6.07. The van der Waals surface area contributed by atoms with Gasteiger partial charge in [-0.05, 0) is 34.8 Å². The summed E-state index contributed by atoms with van der Waals surface area (Å²) in [5, 5.41) is 11.8. The van der Waals surface area contributed by atoms with Gasteiger partial charge in [-0.3, -0.25) is 4.79 Å². The molecule has 0 unspecified atom stereocenters. The summed E-state index contributed by atoms with van der Waals surface area (Å²) in [4.78, 5) is 25.6. The molecule has 19 heavy (non-hydrogen) atoms. The molecule has 2 N–H and O–H groups in total. The number of urea groups is 1. The van der Waals surface area contributed by atoms with Gasteiger partial charge in [0.15, 0.2) is 0 Å². The van der Waals surface area contributed by atoms with Crippen molar-refractivity contribution in [2.75, 3.05) is 18.5 Å². The number of pyridine rings is 1. The lowest BCUT2D eigenvalue weighted by molar-refractivity contribution is 0.166. The summed E-state index contributed by atoms with van der Waals surface area (Å²) in [5.41, 5.74) is -0.0400. The fourth-order valence-electron chi connectivity index (χ4n) is 2.24. The van der Waals surface area contributed by atoms with E-state index in [0.29, 0.717) is 11.0 Å². The van der Waals surface area contributed by atoms with Crippen molar-refractivity contribution in [2.45, 2.75) is 18.9 Å². The number of carbonyl (C=O) groups is 1. The molecule has 104 valence electrons. The third-order valence-electron chi connectivity index (χ3n) is 3.24. The number of aliphatic hydroxyl groups excluding tert-OH is 1. The van der Waals surface area contributed by atoms with E-state index in [-0.39, 0.29) is 29.9 Å². The van der Waals surface area contributed by atoms with Gasteiger partial charge in [0.2, 0.25) is 0 Å². The van der Waals surface area contributed by atoms with Crippen LogP contribution in [0, 0.1) is 0 Å². The van der Waals surface area contributed by atoms with Gasteiger partial charge in [0.25, 0.3) is 5.56 Å². The van der Waals surface area contributed by atoms with Gasteiger partial charge in [0, 0.05) is 24.3 Å². The Morgan fingerprint density at radius 2 is 2.37 bits per heavy atom. The fourth-order valence-corrected chi connectivity index (χ4v) is 2.78. The molecule has 0 bridgehead atoms. The molecule has 1 aromatic heterocycles. The molecule has 2 heterocycles. The second-order valence-corrected chi connectivity index (χ2v) is 5.51. The monoisotopic (exact) mass is 329 g/mol. The number of nitrogens with zero attached hydrogens (tertiary/aromatic N) is 2. The number of aromatic nitrogens is 1. The van der Waals surface area contributed by atoms with Gasteiger partial charge in [-0.25, -0.2) is 4.79 Å². The highest BCUT2D eigenvalue weighted by atomic mass is 79.9. The molecule has 1 aromatic rings. The number of carbonyl (C=O) groups excluding carboxylic acids is 1. The Labute approximate surface area is 119 Å². The molecule has 0 saturated carbocycles. The molecular weight excluding hydrogens is 314 g/mol. The number of amides is 2. The Bertz CT molecular complexity index is 544. The van der Waals surface area contributed by atoms with Crippen LogP contribution in [0.2, 0.25) is 0 Å². The highest BCUT2D eigenvalue weighted by molar-refractivity contribution is 9.10. The van der Waals surface area contributed by atoms with Crippen LogP contribution < -0.4 is 10.9 Å². The zero-order valence-electron chi connectivity index (χ0n) is 10.6. The topological polar surface area (TPSA) is 74.6 Å². The minimum atomic E-state index is -0.341. The largest absolute Gasteiger partial charge is 0.394 e. The maximum Gasteiger partial charge on any atom is 0.322 e. The molecule has 0 aromatic carbocycles. The zero-order valence-corrected chi connectivity index (χ0v) is 12.2. The summed E-state index contributed by atoms with van der Waals surface area (Å²) in [7, 11) is 1.62. The number of rotatable bonds is 2. The molecule has 2 amide bonds. The summed E-state index contributed by atoms with van der Waals surface area (Å²) in [5.74, 6) is 0. The average molecular weight is 330 g/mol. The van der Waals surface area contributed by atoms with E-state index in [9.17, 15) is 14.7 Å². The standard InChI is InChI=1S/C12H16BrN3O3/c1-15-6-8(13)5-10(11(15)18)14-12(19)16-4-2-3-9(16)7-17/h5-6,9,17H,2-4,7H2,1H3,(H,14,19)/t9-/m0/s1. The quantitative estimate of drug-likeness (QED) is 0.854. The van der Waals surface area contributed by atoms with Gasteiger partial charge in [0.1, 0.15) is 5.69 Å². The maximum atomic E-state index is 12.1. The molecule has 2 rings (SSSR count). The van der Waals surface area contributed by atoms with Crippen LogP contribution in [0.25, 0.3) is 0 Å². The fraction of sp³-hybridized carbons (Fsp3) is 0.500. The van der Waals surface area contributed by atoms with Gasteiger partial charge in [0.05, 0.1) is 12.6 Å². The number of halogens is 1. The van der Waals surface area contributed by atoms with Crippen LogP contribution in [0.3, 0.4) is 0 Å². The SMILES string of the molecule is Cn1cc(Br)cc(NC(=O)N2CCC[C@H]2CO)c1=O. The van der Waals surface area contributed by atoms with Crippen molar-refractivity contribution in [1.29, 1.82) is 0 Å². The predicted molar refractivity (Wildman–Crippen MR) is 75.2 cm³/mol. The van der Waals surface area contributed by atoms with Crippen molar-refractivity contribution in [3.05, 3.63) is 27.1 Å². The third-order valence-corrected chi connectivity index (χ3v) is 3.67. The normalized spacial score (nSPS) is 18.7. The molecule has 1 aliphatic heterocycles. The maximum absolute atomic E-state index is 12.1. The lowest BCUT2D eigenvalue weighted by atomic mass is 10.2. The number of aryl methyl sites for hydroxylation is 1. The Morgan fingerprint density at radius 3 is 3.05 bits per heavy atom. The number of nitrogens with one attached hydrogen (secondary N) is 1. The number of hydrogen-bond acceptors (Lipinski definition) is 3. The molecule has 1 saturated heterocycles. The van der Waals surface area contributed by atoms with E-state index < -0.39 is 0 Å². The molecule has 1 fully saturated rings. The minimum absolute atomic E-state index is 0.0517. The number of anilines is 1. The molecule has 0 spiro atoms. The van der Waals surface area contributed by atoms with Crippen molar-refractivity contribution in [1.82, 2.24) is 9.47 Å². The average Bonchev–Trinajstić information content (AvgIpc) is 2.83. The number of hydrogen-bond donors (Lipinski definition) is 2. The number of aliphatic hydroxyl groups is 1. The van der Waals surface area contributed by atoms with E-state index >= 15 is 0 Å². The van der Waals surface area contributed by atoms with Crippen LogP contribution in [0.4, 0.5) is 10.5 Å². The van der Waals surface area contributed by atoms with Crippen LogP contribution in [-0.2, 0) is 7.05 Å². The second-order valence-electron chi connectivity index (χ2n) is 4.59. The molecule has 0 aliphatic carbocycles. The Hall–Kier alpha value is -1.34. The Kier molecular flexibility index (Phi) is 4.26. The van der Waals surface area contributed by atoms with E-state index in [1.54, 1.807) is 24.2 Å². The van der Waals surface area contributed by atoms with Crippen LogP contribution in [-0.4, -0.2) is 39.8 Å². The predicted octanol–water partition coefficient (Wildman–Crippen LogP) is 1.14. The van der Waals surface area contributed by atoms with E-state index in [2.05, 4.69) is 21.2 Å². The van der Waals surface area contributed by atoms with E-state index in [1.807, 2.05) is 0 Å². The molecule has 1 aliphatic rings. The van der Waals surface area contributed by atoms with Crippen molar-refractivity contribution >= 4 is 27.6 Å². The Balaban J connectivity index is 2.17. The summed E-state index contributed by atoms with van der Waals surface area (Å²) < 4.78 is 2.11. The van der Waals surface area contributed by atoms with Crippen LogP contribution in [0.15, 0.2) is 21.5 Å². The van der Waals surface area contributed by atoms with E-state index in [0.717, 1.165) is 12.8 Å². The Morgan fingerprint density at radius 1 is 1.63 bits per heavy atom. The summed E-state index contributed by atoms with van der Waals surface area (Å²) in [6.45, 7) is 0.551. The molecule has 7 heteroatoms. The van der Waals surface area contributed by atoms with Crippen LogP contribution in [0.5, 0.6) is 0 Å². The lowest BCUT2D eigenvalue weighted by Crippen LogP contribution is -2.41. The molecular formula is C12H16BrN3O3. The minimum Gasteiger partial charge on any atom is -0.394 e. The van der Waals surface area contributed by atoms with Gasteiger partial charge < -0.3 is 19.9 Å². The van der Waals surface area contributed by atoms with Crippen molar-refractivity contribution in [3.8, 4) is 0 Å². The lowest BCUT2D eigenvalue weighted by Gasteiger charge is -2.23. The van der Waals surface area contributed by atoms with Gasteiger partial charge >= 0.3 is 6.03 Å². The van der Waals surface area contributed by atoms with Gasteiger partial charge in [-0.15, -0.1) is 0 Å². The van der Waals surface area contributed by atoms with Gasteiger partial charge in [-0.1, -0.05) is 0 Å². The first-order chi connectivity index (χ1) is 9.02. The number of likely N-dealkylation sites (tertiary alicyclic amines) is 1. The smallest absolute Gasteiger partial charge is 0.322 e. The van der Waals surface area contributed by atoms with Crippen molar-refractivity contribution in [3.63, 3.8) is 0 Å². The summed E-state index contributed by atoms with van der Waals surface area (Å²) >= 11 is 3.28. The summed E-state index contributed by atoms with van der Waals surface area (Å²) in [6, 6.07) is 1.08. The van der Waals surface area contributed by atoms with Crippen LogP contribution in [0.1, 0.15) is 12.8 Å². The summed E-state index contributed by atoms with van der Waals surface area (Å²) in [6.07, 6.45) is 3.29. The first-order valence-corrected chi connectivity index (χ1v) is 6.87.